The molecule has 4 rings (SSSR count). The van der Waals surface area contributed by atoms with Gasteiger partial charge in [0, 0.05) is 24.2 Å². The number of carbonyl (C=O) groups excluding carboxylic acids is 1. The van der Waals surface area contributed by atoms with E-state index in [4.69, 9.17) is 14.0 Å². The van der Waals surface area contributed by atoms with E-state index in [-0.39, 0.29) is 18.2 Å². The number of amides is 1. The van der Waals surface area contributed by atoms with Gasteiger partial charge in [0.1, 0.15) is 18.1 Å². The van der Waals surface area contributed by atoms with E-state index in [2.05, 4.69) is 20.7 Å². The van der Waals surface area contributed by atoms with Gasteiger partial charge in [0.25, 0.3) is 5.91 Å². The number of hydrogen-bond donors (Lipinski definition) is 2. The van der Waals surface area contributed by atoms with Crippen molar-refractivity contribution in [2.24, 2.45) is 0 Å². The third-order valence-corrected chi connectivity index (χ3v) is 4.43. The zero-order valence-electron chi connectivity index (χ0n) is 16.3. The summed E-state index contributed by atoms with van der Waals surface area (Å²) in [7, 11) is 1.59. The number of hydrogen-bond acceptors (Lipinski definition) is 6. The summed E-state index contributed by atoms with van der Waals surface area (Å²) in [6, 6.07) is 18.6. The van der Waals surface area contributed by atoms with Crippen LogP contribution in [0.4, 0.5) is 0 Å². The lowest BCUT2D eigenvalue weighted by Gasteiger charge is -2.05. The molecule has 0 aliphatic rings. The van der Waals surface area contributed by atoms with Crippen molar-refractivity contribution in [2.75, 3.05) is 7.11 Å². The summed E-state index contributed by atoms with van der Waals surface area (Å²) in [6.45, 7) is 0.454. The van der Waals surface area contributed by atoms with Gasteiger partial charge < -0.3 is 19.3 Å². The number of nitrogens with zero attached hydrogens (tertiary/aromatic N) is 2. The zero-order chi connectivity index (χ0) is 20.8. The SMILES string of the molecule is COc1cccc(OCc2cc(C(=O)NCc3cn[nH]c3-c3ccccc3)no2)c1. The average molecular weight is 404 g/mol. The molecule has 0 atom stereocenters. The first-order valence-electron chi connectivity index (χ1n) is 9.31. The first-order valence-corrected chi connectivity index (χ1v) is 9.31. The minimum absolute atomic E-state index is 0.146. The molecule has 0 bridgehead atoms. The van der Waals surface area contributed by atoms with Crippen LogP contribution in [0.3, 0.4) is 0 Å². The standard InChI is InChI=1S/C22H20N4O4/c1-28-17-8-5-9-18(10-17)29-14-19-11-20(26-30-19)22(27)23-12-16-13-24-25-21(16)15-6-3-2-4-7-15/h2-11,13H,12,14H2,1H3,(H,23,27)(H,24,25). The average Bonchev–Trinajstić information content (AvgIpc) is 3.46. The highest BCUT2D eigenvalue weighted by molar-refractivity contribution is 5.92. The second-order valence-corrected chi connectivity index (χ2v) is 6.47. The van der Waals surface area contributed by atoms with Crippen LogP contribution < -0.4 is 14.8 Å². The second-order valence-electron chi connectivity index (χ2n) is 6.47. The van der Waals surface area contributed by atoms with Crippen LogP contribution in [-0.4, -0.2) is 28.4 Å². The molecule has 2 heterocycles. The molecule has 8 heteroatoms. The second kappa shape index (κ2) is 8.95. The van der Waals surface area contributed by atoms with Gasteiger partial charge in [-0.05, 0) is 17.7 Å². The van der Waals surface area contributed by atoms with Crippen LogP contribution in [0.2, 0.25) is 0 Å². The van der Waals surface area contributed by atoms with E-state index >= 15 is 0 Å². The Kier molecular flexibility index (Phi) is 5.75. The predicted molar refractivity (Wildman–Crippen MR) is 109 cm³/mol. The van der Waals surface area contributed by atoms with Gasteiger partial charge in [-0.1, -0.05) is 41.6 Å². The predicted octanol–water partition coefficient (Wildman–Crippen LogP) is 3.58. The molecule has 0 aliphatic heterocycles. The molecule has 2 N–H and O–H groups in total. The summed E-state index contributed by atoms with van der Waals surface area (Å²) in [5, 5.41) is 13.7. The number of aromatic nitrogens is 3. The topological polar surface area (TPSA) is 102 Å². The van der Waals surface area contributed by atoms with Crippen molar-refractivity contribution in [3.63, 3.8) is 0 Å². The van der Waals surface area contributed by atoms with Gasteiger partial charge in [-0.15, -0.1) is 0 Å². The molecule has 0 saturated heterocycles. The van der Waals surface area contributed by atoms with Gasteiger partial charge in [0.15, 0.2) is 11.5 Å². The van der Waals surface area contributed by atoms with Crippen LogP contribution in [0, 0.1) is 0 Å². The highest BCUT2D eigenvalue weighted by Crippen LogP contribution is 2.21. The van der Waals surface area contributed by atoms with Gasteiger partial charge in [-0.25, -0.2) is 0 Å². The van der Waals surface area contributed by atoms with Crippen molar-refractivity contribution in [2.45, 2.75) is 13.2 Å². The molecule has 152 valence electrons. The molecule has 2 aromatic carbocycles. The Labute approximate surface area is 172 Å². The van der Waals surface area contributed by atoms with Crippen LogP contribution in [0.15, 0.2) is 71.4 Å². The number of nitrogens with one attached hydrogen (secondary N) is 2. The first kappa shape index (κ1) is 19.3. The van der Waals surface area contributed by atoms with E-state index in [9.17, 15) is 4.79 Å². The van der Waals surface area contributed by atoms with Gasteiger partial charge >= 0.3 is 0 Å². The smallest absolute Gasteiger partial charge is 0.273 e. The summed E-state index contributed by atoms with van der Waals surface area (Å²) in [6.07, 6.45) is 1.69. The van der Waals surface area contributed by atoms with Crippen molar-refractivity contribution < 1.29 is 18.8 Å². The van der Waals surface area contributed by atoms with E-state index in [0.29, 0.717) is 23.8 Å². The van der Waals surface area contributed by atoms with Crippen molar-refractivity contribution >= 4 is 5.91 Å². The lowest BCUT2D eigenvalue weighted by molar-refractivity contribution is 0.0941. The fourth-order valence-corrected chi connectivity index (χ4v) is 2.90. The molecule has 0 saturated carbocycles. The number of aromatic amines is 1. The third-order valence-electron chi connectivity index (χ3n) is 4.43. The van der Waals surface area contributed by atoms with Crippen molar-refractivity contribution in [1.82, 2.24) is 20.7 Å². The highest BCUT2D eigenvalue weighted by atomic mass is 16.5. The van der Waals surface area contributed by atoms with Gasteiger partial charge in [-0.2, -0.15) is 5.10 Å². The quantitative estimate of drug-likeness (QED) is 0.465. The molecule has 0 aliphatic carbocycles. The number of H-pyrrole nitrogens is 1. The van der Waals surface area contributed by atoms with Crippen LogP contribution in [0.25, 0.3) is 11.3 Å². The van der Waals surface area contributed by atoms with Crippen LogP contribution in [-0.2, 0) is 13.2 Å². The zero-order valence-corrected chi connectivity index (χ0v) is 16.3. The van der Waals surface area contributed by atoms with Crippen molar-refractivity contribution in [3.05, 3.63) is 83.9 Å². The van der Waals surface area contributed by atoms with Gasteiger partial charge in [0.05, 0.1) is 19.0 Å². The van der Waals surface area contributed by atoms with Crippen molar-refractivity contribution in [3.8, 4) is 22.8 Å². The Morgan fingerprint density at radius 2 is 1.93 bits per heavy atom. The van der Waals surface area contributed by atoms with Gasteiger partial charge in [0.2, 0.25) is 0 Å². The van der Waals surface area contributed by atoms with E-state index in [1.54, 1.807) is 25.4 Å². The van der Waals surface area contributed by atoms with E-state index in [1.165, 1.54) is 0 Å². The lowest BCUT2D eigenvalue weighted by atomic mass is 10.1. The normalized spacial score (nSPS) is 10.6. The first-order chi connectivity index (χ1) is 14.7. The molecule has 30 heavy (non-hydrogen) atoms. The molecule has 0 unspecified atom stereocenters. The molecular formula is C22H20N4O4. The summed E-state index contributed by atoms with van der Waals surface area (Å²) >= 11 is 0. The van der Waals surface area contributed by atoms with Crippen LogP contribution in [0.5, 0.6) is 11.5 Å². The summed E-state index contributed by atoms with van der Waals surface area (Å²) in [5.41, 5.74) is 2.92. The number of methoxy groups -OCH3 is 1. The molecule has 2 aromatic heterocycles. The molecule has 1 amide bonds. The molecule has 8 nitrogen and oxygen atoms in total. The highest BCUT2D eigenvalue weighted by Gasteiger charge is 2.15. The third kappa shape index (κ3) is 4.49. The molecular weight excluding hydrogens is 384 g/mol. The van der Waals surface area contributed by atoms with Crippen LogP contribution in [0.1, 0.15) is 21.8 Å². The van der Waals surface area contributed by atoms with Gasteiger partial charge in [-0.3, -0.25) is 9.89 Å². The minimum atomic E-state index is -0.341. The summed E-state index contributed by atoms with van der Waals surface area (Å²) in [5.74, 6) is 1.42. The molecule has 0 fully saturated rings. The maximum atomic E-state index is 12.4. The molecule has 4 aromatic rings. The molecule has 0 radical (unpaired) electrons. The number of carbonyl (C=O) groups is 1. The monoisotopic (exact) mass is 404 g/mol. The number of benzene rings is 2. The maximum Gasteiger partial charge on any atom is 0.273 e. The molecule has 0 spiro atoms. The Bertz CT molecular complexity index is 1120. The fourth-order valence-electron chi connectivity index (χ4n) is 2.90. The Morgan fingerprint density at radius 1 is 1.10 bits per heavy atom. The summed E-state index contributed by atoms with van der Waals surface area (Å²) < 4.78 is 16.0. The number of ether oxygens (including phenoxy) is 2. The number of rotatable bonds is 8. The lowest BCUT2D eigenvalue weighted by Crippen LogP contribution is -2.23. The van der Waals surface area contributed by atoms with Crippen LogP contribution >= 0.6 is 0 Å². The Hall–Kier alpha value is -4.07. The fraction of sp³-hybridized carbons (Fsp3) is 0.136. The minimum Gasteiger partial charge on any atom is -0.497 e. The maximum absolute atomic E-state index is 12.4. The van der Waals surface area contributed by atoms with E-state index < -0.39 is 0 Å². The van der Waals surface area contributed by atoms with Crippen molar-refractivity contribution in [1.29, 1.82) is 0 Å². The van der Waals surface area contributed by atoms with E-state index in [0.717, 1.165) is 16.8 Å². The van der Waals surface area contributed by atoms with E-state index in [1.807, 2.05) is 48.5 Å². The Morgan fingerprint density at radius 3 is 2.77 bits per heavy atom. The summed E-state index contributed by atoms with van der Waals surface area (Å²) in [4.78, 5) is 12.4. The largest absolute Gasteiger partial charge is 0.497 e. The Balaban J connectivity index is 1.34.